The number of hydrogen-bond acceptors (Lipinski definition) is 14. The van der Waals surface area contributed by atoms with Crippen molar-refractivity contribution in [1.29, 1.82) is 42.1 Å². The van der Waals surface area contributed by atoms with Crippen LogP contribution < -0.4 is 9.97 Å². The van der Waals surface area contributed by atoms with Gasteiger partial charge in [-0.1, -0.05) is 97.1 Å². The van der Waals surface area contributed by atoms with Crippen LogP contribution in [0.1, 0.15) is 90.1 Å². The van der Waals surface area contributed by atoms with Gasteiger partial charge in [-0.25, -0.2) is 9.97 Å². The van der Waals surface area contributed by atoms with E-state index in [0.29, 0.717) is 134 Å². The Balaban J connectivity index is 0.00000769. The average Bonchev–Trinajstić information content (AvgIpc) is 1.74. The fourth-order valence-corrected chi connectivity index (χ4v) is 10.7. The average molecular weight is 1190 g/mol. The van der Waals surface area contributed by atoms with E-state index in [0.717, 1.165) is 0 Å². The molecule has 0 saturated heterocycles. The van der Waals surface area contributed by atoms with Crippen molar-refractivity contribution in [3.05, 3.63) is 284 Å². The smallest absolute Gasteiger partial charge is 0.357 e. The second-order valence-electron chi connectivity index (χ2n) is 20.0. The van der Waals surface area contributed by atoms with Crippen molar-refractivity contribution in [3.8, 4) is 93.1 Å². The SMILES string of the molecule is N#Cc1ccc(C2=C(c3ccc(C#N)cc3)c3nc2nc2[n-]c(nc4nc(nc5[n-]c(n3)c(-c3ccc(C#N)cc3)c5-c3ccc(C#N)cc3)C(c3ccc(C#N)cc3)=C4c3ccc(C#N)cc3)c(-c3ccc(C#N)cc3)c2-c2ccc(C#N)cc2)cc1.[Zn+2]. The fraction of sp³-hybridized carbons (Fsp3) is 0. The monoisotopic (exact) mass is 1180 g/mol. The van der Waals surface area contributed by atoms with Crippen LogP contribution in [0.3, 0.4) is 0 Å². The van der Waals surface area contributed by atoms with E-state index in [4.69, 9.17) is 39.9 Å². The molecule has 0 saturated carbocycles. The molecule has 16 nitrogen and oxygen atoms in total. The summed E-state index contributed by atoms with van der Waals surface area (Å²) in [6, 6.07) is 73.2. The third kappa shape index (κ3) is 10.4. The Kier molecular flexibility index (Phi) is 14.9. The molecule has 0 radical (unpaired) electrons. The summed E-state index contributed by atoms with van der Waals surface area (Å²) in [7, 11) is 0. The maximum atomic E-state index is 10.1. The van der Waals surface area contributed by atoms with Gasteiger partial charge in [-0.05, 0) is 142 Å². The molecule has 3 aromatic heterocycles. The first-order chi connectivity index (χ1) is 43.2. The first kappa shape index (κ1) is 56.1. The van der Waals surface area contributed by atoms with E-state index in [9.17, 15) is 42.1 Å². The van der Waals surface area contributed by atoms with Gasteiger partial charge >= 0.3 is 19.5 Å². The first-order valence-corrected chi connectivity index (χ1v) is 26.9. The first-order valence-electron chi connectivity index (χ1n) is 26.9. The molecule has 2 aliphatic heterocycles. The molecule has 0 atom stereocenters. The molecule has 0 N–H and O–H groups in total. The number of nitrogens with zero attached hydrogens (tertiary/aromatic N) is 16. The fourth-order valence-electron chi connectivity index (χ4n) is 10.7. The van der Waals surface area contributed by atoms with Crippen LogP contribution in [0.4, 0.5) is 0 Å². The number of hydrogen-bond donors (Lipinski definition) is 0. The number of benzene rings is 8. The van der Waals surface area contributed by atoms with Crippen LogP contribution in [0.5, 0.6) is 0 Å². The van der Waals surface area contributed by atoms with Crippen LogP contribution in [0, 0.1) is 90.6 Å². The third-order valence-electron chi connectivity index (χ3n) is 14.9. The molecule has 11 aromatic rings. The van der Waals surface area contributed by atoms with E-state index in [1.165, 1.54) is 0 Å². The number of rotatable bonds is 8. The summed E-state index contributed by atoms with van der Waals surface area (Å²) in [5, 5.41) is 80.4. The Morgan fingerprint density at radius 3 is 0.494 bits per heavy atom. The minimum atomic E-state index is 0. The molecule has 17 heteroatoms. The number of fused-ring (bicyclic) bond motifs is 8. The summed E-state index contributed by atoms with van der Waals surface area (Å²) >= 11 is 0. The molecule has 0 unspecified atom stereocenters. The predicted octanol–water partition coefficient (Wildman–Crippen LogP) is 12.8. The molecular formula is C72H32N16Zn. The largest absolute Gasteiger partial charge is 2.00 e. The van der Waals surface area contributed by atoms with E-state index < -0.39 is 0 Å². The number of nitriles is 8. The Morgan fingerprint density at radius 1 is 0.202 bits per heavy atom. The molecule has 89 heavy (non-hydrogen) atoms. The zero-order valence-corrected chi connectivity index (χ0v) is 49.3. The van der Waals surface area contributed by atoms with Crippen molar-refractivity contribution in [1.82, 2.24) is 39.9 Å². The van der Waals surface area contributed by atoms with E-state index in [1.54, 1.807) is 194 Å². The number of aromatic nitrogens is 8. The van der Waals surface area contributed by atoms with Gasteiger partial charge in [0.1, 0.15) is 0 Å². The maximum absolute atomic E-state index is 10.1. The summed E-state index contributed by atoms with van der Waals surface area (Å²) in [5.41, 5.74) is 12.0. The molecule has 0 amide bonds. The molecule has 402 valence electrons. The zero-order chi connectivity index (χ0) is 60.4. The van der Waals surface area contributed by atoms with Crippen molar-refractivity contribution in [2.75, 3.05) is 0 Å². The molecule has 0 aliphatic carbocycles. The topological polar surface area (TPSA) is 296 Å². The molecule has 13 rings (SSSR count). The van der Waals surface area contributed by atoms with Crippen molar-refractivity contribution >= 4 is 44.9 Å². The molecule has 0 fully saturated rings. The van der Waals surface area contributed by atoms with Gasteiger partial charge in [-0.2, -0.15) is 42.1 Å². The summed E-state index contributed by atoms with van der Waals surface area (Å²) in [6.07, 6.45) is 0. The van der Waals surface area contributed by atoms with Crippen molar-refractivity contribution < 1.29 is 19.5 Å². The van der Waals surface area contributed by atoms with Crippen LogP contribution in [0.25, 0.3) is 89.4 Å². The van der Waals surface area contributed by atoms with Gasteiger partial charge in [0.2, 0.25) is 0 Å². The van der Waals surface area contributed by atoms with E-state index in [1.807, 2.05) is 0 Å². The normalized spacial score (nSPS) is 11.3. The predicted molar refractivity (Wildman–Crippen MR) is 325 cm³/mol. The van der Waals surface area contributed by atoms with Gasteiger partial charge in [0.25, 0.3) is 0 Å². The minimum absolute atomic E-state index is 0. The molecule has 5 heterocycles. The summed E-state index contributed by atoms with van der Waals surface area (Å²) in [5.74, 6) is 0.496. The minimum Gasteiger partial charge on any atom is -0.357 e. The Hall–Kier alpha value is -13.4. The Labute approximate surface area is 520 Å². The quantitative estimate of drug-likeness (QED) is 0.128. The Bertz CT molecular complexity index is 4670. The zero-order valence-electron chi connectivity index (χ0n) is 46.3. The molecule has 0 spiro atoms. The van der Waals surface area contributed by atoms with Gasteiger partial charge in [-0.3, -0.25) is 0 Å². The molecule has 8 bridgehead atoms. The van der Waals surface area contributed by atoms with Gasteiger partial charge in [0.15, 0.2) is 0 Å². The van der Waals surface area contributed by atoms with E-state index in [2.05, 4.69) is 48.6 Å². The van der Waals surface area contributed by atoms with Crippen LogP contribution in [-0.4, -0.2) is 29.9 Å². The Morgan fingerprint density at radius 2 is 0.348 bits per heavy atom. The second kappa shape index (κ2) is 23.7. The van der Waals surface area contributed by atoms with Crippen molar-refractivity contribution in [2.24, 2.45) is 0 Å². The van der Waals surface area contributed by atoms with Crippen molar-refractivity contribution in [2.45, 2.75) is 0 Å². The van der Waals surface area contributed by atoms with Gasteiger partial charge in [0.05, 0.1) is 116 Å². The second-order valence-corrected chi connectivity index (χ2v) is 20.0. The van der Waals surface area contributed by atoms with Gasteiger partial charge in [-0.15, -0.1) is 0 Å². The maximum Gasteiger partial charge on any atom is 2.00 e. The standard InChI is InChI=1S/C72H32N16.Zn/c73-33-41-1-17-49(18-2-41)57-58(50-19-3-42(34-74)4-20-50)66-81-65(57)85-67-59(51-21-5-43(35-75)6-22-51)60(52-23-7-44(36-76)8-24-52)69(82-67)87-71-63(55-29-13-47(39-79)14-30-55)64(56-31-15-48(40-80)16-32-56)72(84-71)88-70-62(54-27-11-46(38-78)12-28-54)61(68(83-70)86-66)53-25-9-45(37-77)10-26-53;/h1-32H;/q-2;+2. The summed E-state index contributed by atoms with van der Waals surface area (Å²) in [6.45, 7) is 0. The molecule has 8 aromatic carbocycles. The van der Waals surface area contributed by atoms with Crippen LogP contribution in [0.2, 0.25) is 0 Å². The molecule has 2 aliphatic rings. The van der Waals surface area contributed by atoms with Gasteiger partial charge in [0, 0.05) is 67.1 Å². The third-order valence-corrected chi connectivity index (χ3v) is 14.9. The summed E-state index contributed by atoms with van der Waals surface area (Å²) in [4.78, 5) is 43.2. The van der Waals surface area contributed by atoms with Crippen LogP contribution in [0.15, 0.2) is 194 Å². The van der Waals surface area contributed by atoms with E-state index in [-0.39, 0.29) is 65.4 Å². The van der Waals surface area contributed by atoms with Crippen LogP contribution >= 0.6 is 0 Å². The van der Waals surface area contributed by atoms with Crippen LogP contribution in [-0.2, 0) is 19.5 Å². The van der Waals surface area contributed by atoms with Crippen molar-refractivity contribution in [3.63, 3.8) is 0 Å². The summed E-state index contributed by atoms with van der Waals surface area (Å²) < 4.78 is 0. The molecular weight excluding hydrogens is 1150 g/mol. The van der Waals surface area contributed by atoms with Gasteiger partial charge < -0.3 is 29.9 Å². The van der Waals surface area contributed by atoms with E-state index >= 15 is 0 Å².